The van der Waals surface area contributed by atoms with Gasteiger partial charge in [0.1, 0.15) is 0 Å². The molecule has 0 aliphatic rings. The molecule has 0 aliphatic carbocycles. The minimum Gasteiger partial charge on any atom is -0.425 e. The highest BCUT2D eigenvalue weighted by molar-refractivity contribution is 5.27. The topological polar surface area (TPSA) is 64.9 Å². The van der Waals surface area contributed by atoms with E-state index in [0.29, 0.717) is 18.3 Å². The van der Waals surface area contributed by atoms with Crippen LogP contribution in [-0.4, -0.2) is 16.7 Å². The molecule has 0 amide bonds. The van der Waals surface area contributed by atoms with E-state index < -0.39 is 0 Å². The lowest BCUT2D eigenvalue weighted by Crippen LogP contribution is -2.16. The van der Waals surface area contributed by atoms with Gasteiger partial charge in [-0.1, -0.05) is 38.1 Å². The number of hydrogen-bond donors (Lipinski definition) is 1. The fourth-order valence-corrected chi connectivity index (χ4v) is 2.02. The number of aryl methyl sites for hydroxylation is 1. The van der Waals surface area contributed by atoms with Gasteiger partial charge in [-0.25, -0.2) is 0 Å². The summed E-state index contributed by atoms with van der Waals surface area (Å²) in [6.45, 7) is 6.69. The summed E-state index contributed by atoms with van der Waals surface area (Å²) in [5.41, 5.74) is 8.41. The lowest BCUT2D eigenvalue weighted by Gasteiger charge is -2.12. The summed E-state index contributed by atoms with van der Waals surface area (Å²) in [7, 11) is 0. The van der Waals surface area contributed by atoms with Crippen LogP contribution in [0.5, 0.6) is 0 Å². The van der Waals surface area contributed by atoms with Gasteiger partial charge in [0.15, 0.2) is 0 Å². The quantitative estimate of drug-likeness (QED) is 0.896. The van der Waals surface area contributed by atoms with Crippen LogP contribution in [0.3, 0.4) is 0 Å². The van der Waals surface area contributed by atoms with Gasteiger partial charge in [-0.3, -0.25) is 0 Å². The first-order chi connectivity index (χ1) is 9.11. The number of hydrogen-bond acceptors (Lipinski definition) is 4. The van der Waals surface area contributed by atoms with Crippen molar-refractivity contribution < 1.29 is 4.42 Å². The predicted octanol–water partition coefficient (Wildman–Crippen LogP) is 2.79. The smallest absolute Gasteiger partial charge is 0.221 e. The van der Waals surface area contributed by atoms with E-state index in [2.05, 4.69) is 29.3 Å². The molecule has 1 aromatic heterocycles. The van der Waals surface area contributed by atoms with Crippen LogP contribution in [0.4, 0.5) is 0 Å². The number of rotatable bonds is 5. The summed E-state index contributed by atoms with van der Waals surface area (Å²) in [4.78, 5) is 0. The van der Waals surface area contributed by atoms with E-state index in [1.165, 1.54) is 11.1 Å². The molecule has 1 unspecified atom stereocenters. The number of nitrogens with two attached hydrogens (primary N) is 1. The standard InChI is InChI=1S/C15H21N3O/c1-10(2)14-17-18-15(19-14)13(9-16)8-12-7-5-4-6-11(12)3/h4-7,10,13H,8-9,16H2,1-3H3. The molecule has 0 bridgehead atoms. The van der Waals surface area contributed by atoms with Crippen LogP contribution in [0.15, 0.2) is 28.7 Å². The maximum absolute atomic E-state index is 5.86. The monoisotopic (exact) mass is 259 g/mol. The summed E-state index contributed by atoms with van der Waals surface area (Å²) in [6, 6.07) is 8.32. The van der Waals surface area contributed by atoms with E-state index in [1.54, 1.807) is 0 Å². The Balaban J connectivity index is 2.18. The molecule has 0 radical (unpaired) electrons. The average Bonchev–Trinajstić information content (AvgIpc) is 2.87. The van der Waals surface area contributed by atoms with Crippen molar-refractivity contribution in [2.75, 3.05) is 6.54 Å². The van der Waals surface area contributed by atoms with Crippen molar-refractivity contribution in [1.29, 1.82) is 0 Å². The van der Waals surface area contributed by atoms with Gasteiger partial charge in [0, 0.05) is 12.5 Å². The molecule has 2 rings (SSSR count). The van der Waals surface area contributed by atoms with E-state index in [4.69, 9.17) is 10.2 Å². The first-order valence-electron chi connectivity index (χ1n) is 6.69. The third kappa shape index (κ3) is 3.20. The fraction of sp³-hybridized carbons (Fsp3) is 0.467. The van der Waals surface area contributed by atoms with Crippen molar-refractivity contribution in [2.24, 2.45) is 5.73 Å². The third-order valence-corrected chi connectivity index (χ3v) is 3.31. The normalized spacial score (nSPS) is 12.9. The Morgan fingerprint density at radius 3 is 2.42 bits per heavy atom. The molecule has 1 heterocycles. The molecule has 2 aromatic rings. The SMILES string of the molecule is Cc1ccccc1CC(CN)c1nnc(C(C)C)o1. The fourth-order valence-electron chi connectivity index (χ4n) is 2.02. The summed E-state index contributed by atoms with van der Waals surface area (Å²) in [5.74, 6) is 1.66. The second-order valence-electron chi connectivity index (χ2n) is 5.20. The Bertz CT molecular complexity index is 534. The molecular weight excluding hydrogens is 238 g/mol. The zero-order chi connectivity index (χ0) is 13.8. The minimum atomic E-state index is 0.0844. The van der Waals surface area contributed by atoms with Crippen LogP contribution in [-0.2, 0) is 6.42 Å². The highest BCUT2D eigenvalue weighted by atomic mass is 16.4. The molecule has 0 spiro atoms. The van der Waals surface area contributed by atoms with Crippen LogP contribution in [0.1, 0.15) is 48.6 Å². The molecule has 19 heavy (non-hydrogen) atoms. The Hall–Kier alpha value is -1.68. The second-order valence-corrected chi connectivity index (χ2v) is 5.20. The molecule has 4 heteroatoms. The van der Waals surface area contributed by atoms with Gasteiger partial charge in [-0.15, -0.1) is 10.2 Å². The van der Waals surface area contributed by atoms with Gasteiger partial charge >= 0.3 is 0 Å². The Morgan fingerprint density at radius 2 is 1.84 bits per heavy atom. The molecule has 102 valence electrons. The molecule has 0 aliphatic heterocycles. The van der Waals surface area contributed by atoms with Crippen LogP contribution < -0.4 is 5.73 Å². The van der Waals surface area contributed by atoms with Crippen molar-refractivity contribution in [1.82, 2.24) is 10.2 Å². The highest BCUT2D eigenvalue weighted by Gasteiger charge is 2.19. The van der Waals surface area contributed by atoms with Gasteiger partial charge in [0.05, 0.1) is 5.92 Å². The van der Waals surface area contributed by atoms with Crippen LogP contribution in [0.2, 0.25) is 0 Å². The van der Waals surface area contributed by atoms with Crippen molar-refractivity contribution in [3.8, 4) is 0 Å². The summed E-state index contributed by atoms with van der Waals surface area (Å²) in [6.07, 6.45) is 0.836. The van der Waals surface area contributed by atoms with E-state index in [0.717, 1.165) is 6.42 Å². The van der Waals surface area contributed by atoms with Gasteiger partial charge in [-0.05, 0) is 24.5 Å². The average molecular weight is 259 g/mol. The molecule has 1 aromatic carbocycles. The molecular formula is C15H21N3O. The van der Waals surface area contributed by atoms with E-state index in [-0.39, 0.29) is 11.8 Å². The van der Waals surface area contributed by atoms with Gasteiger partial charge in [0.25, 0.3) is 0 Å². The first kappa shape index (κ1) is 13.7. The van der Waals surface area contributed by atoms with Crippen LogP contribution >= 0.6 is 0 Å². The largest absolute Gasteiger partial charge is 0.425 e. The molecule has 0 saturated carbocycles. The molecule has 2 N–H and O–H groups in total. The molecule has 1 atom stereocenters. The second kappa shape index (κ2) is 5.97. The van der Waals surface area contributed by atoms with E-state index in [9.17, 15) is 0 Å². The van der Waals surface area contributed by atoms with Crippen molar-refractivity contribution in [3.05, 3.63) is 47.2 Å². The minimum absolute atomic E-state index is 0.0844. The lowest BCUT2D eigenvalue weighted by molar-refractivity contribution is 0.402. The Labute approximate surface area is 114 Å². The van der Waals surface area contributed by atoms with E-state index >= 15 is 0 Å². The number of benzene rings is 1. The Kier molecular flexibility index (Phi) is 4.32. The summed E-state index contributed by atoms with van der Waals surface area (Å²) < 4.78 is 5.71. The predicted molar refractivity (Wildman–Crippen MR) is 75.1 cm³/mol. The van der Waals surface area contributed by atoms with Crippen LogP contribution in [0.25, 0.3) is 0 Å². The first-order valence-corrected chi connectivity index (χ1v) is 6.69. The van der Waals surface area contributed by atoms with Gasteiger partial charge < -0.3 is 10.2 Å². The lowest BCUT2D eigenvalue weighted by atomic mass is 9.96. The summed E-state index contributed by atoms with van der Waals surface area (Å²) >= 11 is 0. The van der Waals surface area contributed by atoms with Gasteiger partial charge in [0.2, 0.25) is 11.8 Å². The third-order valence-electron chi connectivity index (χ3n) is 3.31. The van der Waals surface area contributed by atoms with Crippen LogP contribution in [0, 0.1) is 6.92 Å². The van der Waals surface area contributed by atoms with E-state index in [1.807, 2.05) is 26.0 Å². The zero-order valence-corrected chi connectivity index (χ0v) is 11.8. The maximum Gasteiger partial charge on any atom is 0.221 e. The van der Waals surface area contributed by atoms with Crippen molar-refractivity contribution in [3.63, 3.8) is 0 Å². The molecule has 4 nitrogen and oxygen atoms in total. The van der Waals surface area contributed by atoms with Crippen molar-refractivity contribution >= 4 is 0 Å². The van der Waals surface area contributed by atoms with Gasteiger partial charge in [-0.2, -0.15) is 0 Å². The summed E-state index contributed by atoms with van der Waals surface area (Å²) in [5, 5.41) is 8.21. The molecule has 0 fully saturated rings. The molecule has 0 saturated heterocycles. The van der Waals surface area contributed by atoms with Crippen molar-refractivity contribution in [2.45, 2.75) is 39.0 Å². The maximum atomic E-state index is 5.86. The highest BCUT2D eigenvalue weighted by Crippen LogP contribution is 2.22. The number of aromatic nitrogens is 2. The number of nitrogens with zero attached hydrogens (tertiary/aromatic N) is 2. The zero-order valence-electron chi connectivity index (χ0n) is 11.8. The Morgan fingerprint density at radius 1 is 1.16 bits per heavy atom.